The quantitative estimate of drug-likeness (QED) is 0.840. The van der Waals surface area contributed by atoms with Crippen LogP contribution >= 0.6 is 34.8 Å². The molecule has 0 saturated carbocycles. The van der Waals surface area contributed by atoms with Crippen molar-refractivity contribution in [3.05, 3.63) is 51.2 Å². The van der Waals surface area contributed by atoms with Gasteiger partial charge in [-0.3, -0.25) is 0 Å². The van der Waals surface area contributed by atoms with Crippen LogP contribution in [0, 0.1) is 0 Å². The molecule has 88 valence electrons. The van der Waals surface area contributed by atoms with Gasteiger partial charge in [0.2, 0.25) is 0 Å². The molecule has 0 aliphatic carbocycles. The van der Waals surface area contributed by atoms with Gasteiger partial charge in [0.15, 0.2) is 0 Å². The second kappa shape index (κ2) is 5.23. The highest BCUT2D eigenvalue weighted by atomic mass is 35.5. The van der Waals surface area contributed by atoms with Gasteiger partial charge in [0.05, 0.1) is 12.3 Å². The second-order valence-electron chi connectivity index (χ2n) is 3.41. The van der Waals surface area contributed by atoms with Crippen molar-refractivity contribution in [3.63, 3.8) is 0 Å². The molecule has 0 spiro atoms. The molecule has 0 fully saturated rings. The van der Waals surface area contributed by atoms with Gasteiger partial charge in [-0.15, -0.1) is 0 Å². The van der Waals surface area contributed by atoms with Crippen molar-refractivity contribution in [3.8, 4) is 11.1 Å². The summed E-state index contributed by atoms with van der Waals surface area (Å²) in [4.78, 5) is 4.06. The number of nitrogens with zero attached hydrogens (tertiary/aromatic N) is 1. The summed E-state index contributed by atoms with van der Waals surface area (Å²) in [6.45, 7) is -0.200. The first-order valence-electron chi connectivity index (χ1n) is 4.83. The second-order valence-corrected chi connectivity index (χ2v) is 4.64. The van der Waals surface area contributed by atoms with Crippen LogP contribution in [-0.2, 0) is 6.61 Å². The number of pyridine rings is 1. The lowest BCUT2D eigenvalue weighted by molar-refractivity contribution is 0.277. The molecule has 0 amide bonds. The van der Waals surface area contributed by atoms with E-state index in [1.807, 2.05) is 0 Å². The average Bonchev–Trinajstić information content (AvgIpc) is 2.30. The number of halogens is 3. The summed E-state index contributed by atoms with van der Waals surface area (Å²) in [7, 11) is 0. The van der Waals surface area contributed by atoms with Gasteiger partial charge >= 0.3 is 0 Å². The van der Waals surface area contributed by atoms with Crippen LogP contribution in [0.5, 0.6) is 0 Å². The van der Waals surface area contributed by atoms with Gasteiger partial charge in [-0.25, -0.2) is 4.98 Å². The Morgan fingerprint density at radius 3 is 2.35 bits per heavy atom. The Labute approximate surface area is 114 Å². The first-order chi connectivity index (χ1) is 8.11. The molecule has 1 aromatic heterocycles. The smallest absolute Gasteiger partial charge is 0.129 e. The number of hydrogen-bond donors (Lipinski definition) is 1. The van der Waals surface area contributed by atoms with Gasteiger partial charge in [0.25, 0.3) is 0 Å². The summed E-state index contributed by atoms with van der Waals surface area (Å²) in [5.74, 6) is 0. The maximum atomic E-state index is 9.26. The van der Waals surface area contributed by atoms with Gasteiger partial charge in [-0.2, -0.15) is 0 Å². The van der Waals surface area contributed by atoms with E-state index in [0.29, 0.717) is 20.9 Å². The van der Waals surface area contributed by atoms with Crippen molar-refractivity contribution in [1.29, 1.82) is 0 Å². The summed E-state index contributed by atoms with van der Waals surface area (Å²) in [5.41, 5.74) is 2.00. The molecular weight excluding hydrogens is 280 g/mol. The predicted octanol–water partition coefficient (Wildman–Crippen LogP) is 4.20. The van der Waals surface area contributed by atoms with Crippen molar-refractivity contribution in [2.45, 2.75) is 6.61 Å². The molecule has 1 N–H and O–H groups in total. The summed E-state index contributed by atoms with van der Waals surface area (Å²) in [5, 5.41) is 10.7. The lowest BCUT2D eigenvalue weighted by Gasteiger charge is -2.09. The minimum absolute atomic E-state index is 0.200. The lowest BCUT2D eigenvalue weighted by atomic mass is 10.0. The molecule has 0 atom stereocenters. The number of rotatable bonds is 2. The van der Waals surface area contributed by atoms with Crippen LogP contribution in [0.2, 0.25) is 15.2 Å². The average molecular weight is 289 g/mol. The molecule has 2 aromatic rings. The highest BCUT2D eigenvalue weighted by molar-refractivity contribution is 6.36. The van der Waals surface area contributed by atoms with E-state index in [1.54, 1.807) is 30.3 Å². The molecule has 0 saturated heterocycles. The third kappa shape index (κ3) is 2.72. The monoisotopic (exact) mass is 287 g/mol. The molecule has 0 aliphatic rings. The molecule has 1 heterocycles. The molecule has 1 aromatic carbocycles. The fraction of sp³-hybridized carbons (Fsp3) is 0.0833. The molecule has 0 aliphatic heterocycles. The van der Waals surface area contributed by atoms with Crippen LogP contribution in [0.3, 0.4) is 0 Å². The maximum absolute atomic E-state index is 9.26. The third-order valence-electron chi connectivity index (χ3n) is 2.31. The molecule has 2 rings (SSSR count). The Balaban J connectivity index is 2.60. The number of aromatic nitrogens is 1. The topological polar surface area (TPSA) is 33.1 Å². The SMILES string of the molecule is OCc1nc(Cl)ccc1-c1ccc(Cl)cc1Cl. The van der Waals surface area contributed by atoms with Gasteiger partial charge in [0, 0.05) is 21.2 Å². The highest BCUT2D eigenvalue weighted by Gasteiger charge is 2.10. The zero-order valence-electron chi connectivity index (χ0n) is 8.62. The zero-order valence-corrected chi connectivity index (χ0v) is 10.9. The minimum atomic E-state index is -0.200. The standard InChI is InChI=1S/C12H8Cl3NO/c13-7-1-2-8(10(14)5-7)9-3-4-12(15)16-11(9)6-17/h1-5,17H,6H2. The van der Waals surface area contributed by atoms with Crippen LogP contribution in [0.25, 0.3) is 11.1 Å². The number of aliphatic hydroxyl groups excluding tert-OH is 1. The van der Waals surface area contributed by atoms with E-state index in [0.717, 1.165) is 11.1 Å². The van der Waals surface area contributed by atoms with Crippen LogP contribution in [0.4, 0.5) is 0 Å². The fourth-order valence-electron chi connectivity index (χ4n) is 1.55. The summed E-state index contributed by atoms with van der Waals surface area (Å²) >= 11 is 17.7. The van der Waals surface area contributed by atoms with E-state index in [2.05, 4.69) is 4.98 Å². The Hall–Kier alpha value is -0.800. The van der Waals surface area contributed by atoms with E-state index >= 15 is 0 Å². The van der Waals surface area contributed by atoms with Gasteiger partial charge in [-0.1, -0.05) is 40.9 Å². The normalized spacial score (nSPS) is 10.6. The first-order valence-corrected chi connectivity index (χ1v) is 5.97. The lowest BCUT2D eigenvalue weighted by Crippen LogP contribution is -1.94. The van der Waals surface area contributed by atoms with E-state index in [-0.39, 0.29) is 6.61 Å². The Morgan fingerprint density at radius 2 is 1.71 bits per heavy atom. The molecule has 0 bridgehead atoms. The van der Waals surface area contributed by atoms with Crippen molar-refractivity contribution >= 4 is 34.8 Å². The van der Waals surface area contributed by atoms with E-state index in [1.165, 1.54) is 0 Å². The molecule has 5 heteroatoms. The van der Waals surface area contributed by atoms with Gasteiger partial charge in [-0.05, 0) is 24.3 Å². The van der Waals surface area contributed by atoms with E-state index in [4.69, 9.17) is 34.8 Å². The van der Waals surface area contributed by atoms with Crippen LogP contribution in [-0.4, -0.2) is 10.1 Å². The largest absolute Gasteiger partial charge is 0.390 e. The first kappa shape index (κ1) is 12.7. The van der Waals surface area contributed by atoms with Gasteiger partial charge < -0.3 is 5.11 Å². The molecule has 17 heavy (non-hydrogen) atoms. The zero-order chi connectivity index (χ0) is 12.4. The molecular formula is C12H8Cl3NO. The summed E-state index contributed by atoms with van der Waals surface area (Å²) < 4.78 is 0. The van der Waals surface area contributed by atoms with Crippen LogP contribution in [0.1, 0.15) is 5.69 Å². The Kier molecular flexibility index (Phi) is 3.89. The van der Waals surface area contributed by atoms with Crippen molar-refractivity contribution in [2.24, 2.45) is 0 Å². The van der Waals surface area contributed by atoms with Crippen molar-refractivity contribution < 1.29 is 5.11 Å². The summed E-state index contributed by atoms with van der Waals surface area (Å²) in [6.07, 6.45) is 0. The molecule has 2 nitrogen and oxygen atoms in total. The number of aliphatic hydroxyl groups is 1. The number of hydrogen-bond acceptors (Lipinski definition) is 2. The summed E-state index contributed by atoms with van der Waals surface area (Å²) in [6, 6.07) is 8.60. The van der Waals surface area contributed by atoms with E-state index < -0.39 is 0 Å². The molecule has 0 radical (unpaired) electrons. The predicted molar refractivity (Wildman–Crippen MR) is 70.6 cm³/mol. The maximum Gasteiger partial charge on any atom is 0.129 e. The highest BCUT2D eigenvalue weighted by Crippen LogP contribution is 2.32. The fourth-order valence-corrected chi connectivity index (χ4v) is 2.22. The third-order valence-corrected chi connectivity index (χ3v) is 3.07. The van der Waals surface area contributed by atoms with Gasteiger partial charge in [0.1, 0.15) is 5.15 Å². The van der Waals surface area contributed by atoms with Crippen LogP contribution < -0.4 is 0 Å². The van der Waals surface area contributed by atoms with Crippen LogP contribution in [0.15, 0.2) is 30.3 Å². The minimum Gasteiger partial charge on any atom is -0.390 e. The van der Waals surface area contributed by atoms with E-state index in [9.17, 15) is 5.11 Å². The molecule has 0 unspecified atom stereocenters. The van der Waals surface area contributed by atoms with Crippen molar-refractivity contribution in [2.75, 3.05) is 0 Å². The van der Waals surface area contributed by atoms with Crippen molar-refractivity contribution in [1.82, 2.24) is 4.98 Å². The Morgan fingerprint density at radius 1 is 1.00 bits per heavy atom. The Bertz CT molecular complexity index is 557. The number of benzene rings is 1.